The number of carbonyl (C=O) groups is 1. The van der Waals surface area contributed by atoms with Gasteiger partial charge in [0.2, 0.25) is 0 Å². The van der Waals surface area contributed by atoms with Crippen LogP contribution in [0.25, 0.3) is 0 Å². The number of nitrogens with zero attached hydrogens (tertiary/aromatic N) is 1. The summed E-state index contributed by atoms with van der Waals surface area (Å²) in [5.41, 5.74) is -0.637. The highest BCUT2D eigenvalue weighted by Crippen LogP contribution is 2.26. The van der Waals surface area contributed by atoms with Gasteiger partial charge in [0, 0.05) is 18.0 Å². The molecular formula is C14H23NO2S. The summed E-state index contributed by atoms with van der Waals surface area (Å²) in [6, 6.07) is 4.14. The molecule has 0 saturated heterocycles. The number of aliphatic carboxylic acids is 1. The lowest BCUT2D eigenvalue weighted by atomic mass is 9.85. The van der Waals surface area contributed by atoms with Crippen LogP contribution in [0.15, 0.2) is 17.5 Å². The van der Waals surface area contributed by atoms with Gasteiger partial charge in [-0.25, -0.2) is 0 Å². The Kier molecular flexibility index (Phi) is 5.82. The molecule has 0 aliphatic rings. The fraction of sp³-hybridized carbons (Fsp3) is 0.643. The first kappa shape index (κ1) is 15.2. The van der Waals surface area contributed by atoms with Crippen molar-refractivity contribution in [3.63, 3.8) is 0 Å². The molecule has 1 rings (SSSR count). The number of hydrogen-bond donors (Lipinski definition) is 1. The van der Waals surface area contributed by atoms with E-state index < -0.39 is 11.4 Å². The van der Waals surface area contributed by atoms with E-state index in [0.29, 0.717) is 6.54 Å². The van der Waals surface area contributed by atoms with E-state index in [-0.39, 0.29) is 0 Å². The van der Waals surface area contributed by atoms with E-state index in [1.54, 1.807) is 11.3 Å². The summed E-state index contributed by atoms with van der Waals surface area (Å²) in [5.74, 6) is -0.686. The quantitative estimate of drug-likeness (QED) is 0.785. The molecule has 102 valence electrons. The van der Waals surface area contributed by atoms with Crippen molar-refractivity contribution in [1.29, 1.82) is 0 Å². The Bertz CT molecular complexity index is 364. The first-order valence-corrected chi connectivity index (χ1v) is 7.38. The van der Waals surface area contributed by atoms with E-state index >= 15 is 0 Å². The number of hydrogen-bond acceptors (Lipinski definition) is 3. The third-order valence-corrected chi connectivity index (χ3v) is 4.16. The average molecular weight is 269 g/mol. The zero-order chi connectivity index (χ0) is 13.6. The van der Waals surface area contributed by atoms with E-state index in [2.05, 4.69) is 23.3 Å². The minimum atomic E-state index is -0.686. The first-order valence-electron chi connectivity index (χ1n) is 6.50. The van der Waals surface area contributed by atoms with Gasteiger partial charge in [-0.05, 0) is 31.3 Å². The second-order valence-corrected chi connectivity index (χ2v) is 6.03. The Hall–Kier alpha value is -0.870. The summed E-state index contributed by atoms with van der Waals surface area (Å²) in [6.07, 6.45) is 1.63. The van der Waals surface area contributed by atoms with E-state index in [1.165, 1.54) is 4.88 Å². The van der Waals surface area contributed by atoms with Crippen molar-refractivity contribution in [3.8, 4) is 0 Å². The van der Waals surface area contributed by atoms with Crippen molar-refractivity contribution in [3.05, 3.63) is 22.4 Å². The van der Waals surface area contributed by atoms with Gasteiger partial charge in [-0.1, -0.05) is 26.3 Å². The molecule has 0 aromatic carbocycles. The zero-order valence-electron chi connectivity index (χ0n) is 11.5. The van der Waals surface area contributed by atoms with Gasteiger partial charge in [0.15, 0.2) is 0 Å². The van der Waals surface area contributed by atoms with Crippen LogP contribution in [0.5, 0.6) is 0 Å². The summed E-state index contributed by atoms with van der Waals surface area (Å²) in [7, 11) is 0. The molecule has 0 amide bonds. The normalized spacial score (nSPS) is 14.7. The second-order valence-electron chi connectivity index (χ2n) is 5.00. The van der Waals surface area contributed by atoms with Gasteiger partial charge >= 0.3 is 5.97 Å². The van der Waals surface area contributed by atoms with Gasteiger partial charge in [-0.15, -0.1) is 11.3 Å². The predicted molar refractivity (Wildman–Crippen MR) is 75.9 cm³/mol. The summed E-state index contributed by atoms with van der Waals surface area (Å²) < 4.78 is 0. The van der Waals surface area contributed by atoms with Gasteiger partial charge in [-0.3, -0.25) is 9.69 Å². The molecule has 0 saturated carbocycles. The highest BCUT2D eigenvalue weighted by atomic mass is 32.1. The topological polar surface area (TPSA) is 40.5 Å². The largest absolute Gasteiger partial charge is 0.481 e. The highest BCUT2D eigenvalue weighted by molar-refractivity contribution is 7.09. The molecule has 0 fully saturated rings. The Balaban J connectivity index is 2.68. The molecular weight excluding hydrogens is 246 g/mol. The van der Waals surface area contributed by atoms with Crippen LogP contribution in [0.4, 0.5) is 0 Å². The molecule has 3 nitrogen and oxygen atoms in total. The van der Waals surface area contributed by atoms with Crippen LogP contribution in [0.1, 0.15) is 38.5 Å². The minimum absolute atomic E-state index is 0.616. The van der Waals surface area contributed by atoms with Gasteiger partial charge in [-0.2, -0.15) is 0 Å². The smallest absolute Gasteiger partial charge is 0.310 e. The van der Waals surface area contributed by atoms with E-state index in [0.717, 1.165) is 25.9 Å². The molecule has 1 aromatic rings. The zero-order valence-corrected chi connectivity index (χ0v) is 12.3. The average Bonchev–Trinajstić information content (AvgIpc) is 2.81. The molecule has 1 N–H and O–H groups in total. The summed E-state index contributed by atoms with van der Waals surface area (Å²) in [4.78, 5) is 15.0. The predicted octanol–water partition coefficient (Wildman–Crippen LogP) is 3.46. The number of rotatable bonds is 8. The van der Waals surface area contributed by atoms with Crippen LogP contribution in [0.2, 0.25) is 0 Å². The van der Waals surface area contributed by atoms with Crippen LogP contribution >= 0.6 is 11.3 Å². The SMILES string of the molecule is CCCC(C)(CN(CC)Cc1cccs1)C(=O)O. The van der Waals surface area contributed by atoms with E-state index in [1.807, 2.05) is 19.9 Å². The lowest BCUT2D eigenvalue weighted by Crippen LogP contribution is -2.40. The van der Waals surface area contributed by atoms with Gasteiger partial charge in [0.05, 0.1) is 5.41 Å². The fourth-order valence-electron chi connectivity index (χ4n) is 2.20. The molecule has 0 aliphatic heterocycles. The van der Waals surface area contributed by atoms with E-state index in [4.69, 9.17) is 0 Å². The van der Waals surface area contributed by atoms with Crippen molar-refractivity contribution >= 4 is 17.3 Å². The van der Waals surface area contributed by atoms with E-state index in [9.17, 15) is 9.90 Å². The fourth-order valence-corrected chi connectivity index (χ4v) is 2.95. The number of carboxylic acids is 1. The first-order chi connectivity index (χ1) is 8.51. The standard InChI is InChI=1S/C14H23NO2S/c1-4-8-14(3,13(16)17)11-15(5-2)10-12-7-6-9-18-12/h6-7,9H,4-5,8,10-11H2,1-3H3,(H,16,17). The summed E-state index contributed by atoms with van der Waals surface area (Å²) in [6.45, 7) is 8.32. The van der Waals surface area contributed by atoms with Crippen LogP contribution in [0.3, 0.4) is 0 Å². The Morgan fingerprint density at radius 3 is 2.67 bits per heavy atom. The van der Waals surface area contributed by atoms with Crippen LogP contribution in [-0.4, -0.2) is 29.1 Å². The maximum atomic E-state index is 11.4. The second kappa shape index (κ2) is 6.90. The monoisotopic (exact) mass is 269 g/mol. The van der Waals surface area contributed by atoms with Crippen molar-refractivity contribution < 1.29 is 9.90 Å². The molecule has 0 radical (unpaired) electrons. The molecule has 0 bridgehead atoms. The van der Waals surface area contributed by atoms with Crippen LogP contribution in [0, 0.1) is 5.41 Å². The van der Waals surface area contributed by atoms with Gasteiger partial charge < -0.3 is 5.11 Å². The Morgan fingerprint density at radius 1 is 1.50 bits per heavy atom. The summed E-state index contributed by atoms with van der Waals surface area (Å²) in [5, 5.41) is 11.5. The minimum Gasteiger partial charge on any atom is -0.481 e. The third-order valence-electron chi connectivity index (χ3n) is 3.30. The number of thiophene rings is 1. The molecule has 0 aliphatic carbocycles. The molecule has 0 spiro atoms. The third kappa shape index (κ3) is 4.10. The van der Waals surface area contributed by atoms with Gasteiger partial charge in [0.1, 0.15) is 0 Å². The van der Waals surface area contributed by atoms with Crippen molar-refractivity contribution in [2.24, 2.45) is 5.41 Å². The summed E-state index contributed by atoms with van der Waals surface area (Å²) >= 11 is 1.73. The Morgan fingerprint density at radius 2 is 2.22 bits per heavy atom. The van der Waals surface area contributed by atoms with Crippen LogP contribution < -0.4 is 0 Å². The van der Waals surface area contributed by atoms with Gasteiger partial charge in [0.25, 0.3) is 0 Å². The highest BCUT2D eigenvalue weighted by Gasteiger charge is 2.33. The molecule has 4 heteroatoms. The molecule has 1 unspecified atom stereocenters. The molecule has 18 heavy (non-hydrogen) atoms. The molecule has 1 aromatic heterocycles. The van der Waals surface area contributed by atoms with Crippen molar-refractivity contribution in [2.75, 3.05) is 13.1 Å². The number of carboxylic acid groups (broad SMARTS) is 1. The maximum absolute atomic E-state index is 11.4. The lowest BCUT2D eigenvalue weighted by molar-refractivity contribution is -0.149. The Labute approximate surface area is 113 Å². The van der Waals surface area contributed by atoms with Crippen molar-refractivity contribution in [2.45, 2.75) is 40.2 Å². The lowest BCUT2D eigenvalue weighted by Gasteiger charge is -2.31. The van der Waals surface area contributed by atoms with Crippen LogP contribution in [-0.2, 0) is 11.3 Å². The van der Waals surface area contributed by atoms with Crippen molar-refractivity contribution in [1.82, 2.24) is 4.90 Å². The molecule has 1 heterocycles. The maximum Gasteiger partial charge on any atom is 0.310 e. The molecule has 1 atom stereocenters.